The standard InChI is InChI=1S/C34H45N/c1-31(2,3)23-14-17-25(18-15-23)35-29-19-16-24(32(4,5)6)22-27(29)26-12-11-13-28-30(26)34(9,10)21-20-33(28,7)8/h11-19,22,35H,20-21H2,1-10H3. The van der Waals surface area contributed by atoms with E-state index in [1.54, 1.807) is 0 Å². The van der Waals surface area contributed by atoms with Crippen LogP contribution < -0.4 is 5.32 Å². The predicted octanol–water partition coefficient (Wildman–Crippen LogP) is 10.0. The summed E-state index contributed by atoms with van der Waals surface area (Å²) in [7, 11) is 0. The Balaban J connectivity index is 1.89. The van der Waals surface area contributed by atoms with Crippen molar-refractivity contribution in [1.82, 2.24) is 0 Å². The topological polar surface area (TPSA) is 12.0 Å². The molecule has 0 amide bonds. The molecular formula is C34H45N. The van der Waals surface area contributed by atoms with Gasteiger partial charge in [-0.05, 0) is 86.6 Å². The number of hydrogen-bond acceptors (Lipinski definition) is 1. The predicted molar refractivity (Wildman–Crippen MR) is 154 cm³/mol. The highest BCUT2D eigenvalue weighted by molar-refractivity contribution is 5.85. The van der Waals surface area contributed by atoms with E-state index in [-0.39, 0.29) is 21.7 Å². The lowest BCUT2D eigenvalue weighted by atomic mass is 9.61. The number of benzene rings is 3. The van der Waals surface area contributed by atoms with Crippen LogP contribution in [0.25, 0.3) is 11.1 Å². The highest BCUT2D eigenvalue weighted by atomic mass is 14.9. The van der Waals surface area contributed by atoms with Crippen molar-refractivity contribution in [3.63, 3.8) is 0 Å². The van der Waals surface area contributed by atoms with E-state index < -0.39 is 0 Å². The minimum atomic E-state index is 0.0886. The summed E-state index contributed by atoms with van der Waals surface area (Å²) in [5.41, 5.74) is 11.3. The molecule has 186 valence electrons. The van der Waals surface area contributed by atoms with Gasteiger partial charge in [0, 0.05) is 16.9 Å². The highest BCUT2D eigenvalue weighted by Crippen LogP contribution is 2.50. The molecule has 1 N–H and O–H groups in total. The van der Waals surface area contributed by atoms with E-state index in [0.717, 1.165) is 5.69 Å². The van der Waals surface area contributed by atoms with Gasteiger partial charge in [-0.2, -0.15) is 0 Å². The van der Waals surface area contributed by atoms with Crippen LogP contribution >= 0.6 is 0 Å². The summed E-state index contributed by atoms with van der Waals surface area (Å²) >= 11 is 0. The van der Waals surface area contributed by atoms with Gasteiger partial charge < -0.3 is 5.32 Å². The molecule has 0 fully saturated rings. The summed E-state index contributed by atoms with van der Waals surface area (Å²) in [6, 6.07) is 22.9. The Morgan fingerprint density at radius 2 is 1.20 bits per heavy atom. The maximum absolute atomic E-state index is 3.78. The van der Waals surface area contributed by atoms with E-state index in [9.17, 15) is 0 Å². The summed E-state index contributed by atoms with van der Waals surface area (Å²) in [4.78, 5) is 0. The third kappa shape index (κ3) is 5.06. The van der Waals surface area contributed by atoms with Gasteiger partial charge in [-0.3, -0.25) is 0 Å². The average Bonchev–Trinajstić information content (AvgIpc) is 2.76. The van der Waals surface area contributed by atoms with Crippen molar-refractivity contribution < 1.29 is 0 Å². The fourth-order valence-corrected chi connectivity index (χ4v) is 5.51. The molecule has 0 aromatic heterocycles. The Morgan fingerprint density at radius 3 is 1.80 bits per heavy atom. The van der Waals surface area contributed by atoms with E-state index in [1.807, 2.05) is 0 Å². The fraction of sp³-hybridized carbons (Fsp3) is 0.471. The SMILES string of the molecule is CC(C)(C)c1ccc(Nc2ccc(C(C)(C)C)cc2-c2cccc3c2C(C)(C)CCC3(C)C)cc1. The van der Waals surface area contributed by atoms with Crippen molar-refractivity contribution in [3.05, 3.63) is 82.9 Å². The molecular weight excluding hydrogens is 422 g/mol. The molecule has 0 heterocycles. The average molecular weight is 468 g/mol. The first-order valence-corrected chi connectivity index (χ1v) is 13.3. The Labute approximate surface area is 214 Å². The number of hydrogen-bond donors (Lipinski definition) is 1. The molecule has 0 bridgehead atoms. The van der Waals surface area contributed by atoms with Crippen LogP contribution in [0.2, 0.25) is 0 Å². The third-order valence-corrected chi connectivity index (χ3v) is 8.05. The maximum Gasteiger partial charge on any atom is 0.0464 e. The lowest BCUT2D eigenvalue weighted by molar-refractivity contribution is 0.333. The van der Waals surface area contributed by atoms with Crippen LogP contribution in [0.15, 0.2) is 60.7 Å². The summed E-state index contributed by atoms with van der Waals surface area (Å²) in [6.45, 7) is 23.4. The highest BCUT2D eigenvalue weighted by Gasteiger charge is 2.39. The molecule has 0 radical (unpaired) electrons. The van der Waals surface area contributed by atoms with Crippen LogP contribution in [0.4, 0.5) is 11.4 Å². The molecule has 0 saturated heterocycles. The van der Waals surface area contributed by atoms with Crippen molar-refractivity contribution >= 4 is 11.4 Å². The number of anilines is 2. The summed E-state index contributed by atoms with van der Waals surface area (Å²) < 4.78 is 0. The summed E-state index contributed by atoms with van der Waals surface area (Å²) in [5.74, 6) is 0. The molecule has 1 aliphatic rings. The normalized spacial score (nSPS) is 17.1. The second-order valence-electron chi connectivity index (χ2n) is 14.0. The van der Waals surface area contributed by atoms with Gasteiger partial charge >= 0.3 is 0 Å². The van der Waals surface area contributed by atoms with Crippen molar-refractivity contribution in [2.75, 3.05) is 5.32 Å². The van der Waals surface area contributed by atoms with Gasteiger partial charge in [0.15, 0.2) is 0 Å². The van der Waals surface area contributed by atoms with Crippen LogP contribution in [0.5, 0.6) is 0 Å². The van der Waals surface area contributed by atoms with Crippen LogP contribution in [-0.2, 0) is 21.7 Å². The van der Waals surface area contributed by atoms with Crippen molar-refractivity contribution in [2.24, 2.45) is 0 Å². The minimum absolute atomic E-state index is 0.0886. The van der Waals surface area contributed by atoms with Gasteiger partial charge in [0.05, 0.1) is 0 Å². The maximum atomic E-state index is 3.78. The molecule has 35 heavy (non-hydrogen) atoms. The van der Waals surface area contributed by atoms with Crippen LogP contribution in [0.1, 0.15) is 104 Å². The van der Waals surface area contributed by atoms with Gasteiger partial charge in [0.1, 0.15) is 0 Å². The van der Waals surface area contributed by atoms with E-state index in [1.165, 1.54) is 51.9 Å². The summed E-state index contributed by atoms with van der Waals surface area (Å²) in [5, 5.41) is 3.78. The van der Waals surface area contributed by atoms with Gasteiger partial charge in [-0.25, -0.2) is 0 Å². The molecule has 3 aromatic carbocycles. The third-order valence-electron chi connectivity index (χ3n) is 8.05. The Kier molecular flexibility index (Phi) is 6.23. The van der Waals surface area contributed by atoms with E-state index in [2.05, 4.69) is 135 Å². The van der Waals surface area contributed by atoms with Crippen molar-refractivity contribution in [2.45, 2.75) is 104 Å². The quantitative estimate of drug-likeness (QED) is 0.404. The Hall–Kier alpha value is -2.54. The molecule has 0 unspecified atom stereocenters. The second kappa shape index (κ2) is 8.54. The summed E-state index contributed by atoms with van der Waals surface area (Å²) in [6.07, 6.45) is 2.43. The lowest BCUT2D eigenvalue weighted by Crippen LogP contribution is -2.34. The zero-order valence-corrected chi connectivity index (χ0v) is 23.7. The monoisotopic (exact) mass is 467 g/mol. The van der Waals surface area contributed by atoms with Crippen molar-refractivity contribution in [1.29, 1.82) is 0 Å². The molecule has 0 spiro atoms. The molecule has 0 aliphatic heterocycles. The zero-order chi connectivity index (χ0) is 25.8. The molecule has 0 saturated carbocycles. The van der Waals surface area contributed by atoms with Gasteiger partial charge in [-0.15, -0.1) is 0 Å². The first-order valence-electron chi connectivity index (χ1n) is 13.3. The Bertz CT molecular complexity index is 1210. The molecule has 1 heteroatoms. The fourth-order valence-electron chi connectivity index (χ4n) is 5.51. The largest absolute Gasteiger partial charge is 0.355 e. The zero-order valence-electron chi connectivity index (χ0n) is 23.7. The molecule has 1 nitrogen and oxygen atoms in total. The molecule has 4 rings (SSSR count). The molecule has 1 aliphatic carbocycles. The van der Waals surface area contributed by atoms with Crippen LogP contribution in [-0.4, -0.2) is 0 Å². The van der Waals surface area contributed by atoms with Crippen LogP contribution in [0, 0.1) is 0 Å². The van der Waals surface area contributed by atoms with E-state index in [4.69, 9.17) is 0 Å². The molecule has 0 atom stereocenters. The van der Waals surface area contributed by atoms with Gasteiger partial charge in [0.25, 0.3) is 0 Å². The van der Waals surface area contributed by atoms with E-state index >= 15 is 0 Å². The minimum Gasteiger partial charge on any atom is -0.355 e. The lowest BCUT2D eigenvalue weighted by Gasteiger charge is -2.43. The first-order chi connectivity index (χ1) is 16.1. The first kappa shape index (κ1) is 25.5. The van der Waals surface area contributed by atoms with Gasteiger partial charge in [0.2, 0.25) is 0 Å². The Morgan fingerprint density at radius 1 is 0.629 bits per heavy atom. The van der Waals surface area contributed by atoms with Crippen molar-refractivity contribution in [3.8, 4) is 11.1 Å². The smallest absolute Gasteiger partial charge is 0.0464 e. The number of nitrogens with one attached hydrogen (secondary N) is 1. The second-order valence-corrected chi connectivity index (χ2v) is 14.0. The number of rotatable bonds is 3. The number of fused-ring (bicyclic) bond motifs is 1. The molecule has 3 aromatic rings. The van der Waals surface area contributed by atoms with E-state index in [0.29, 0.717) is 0 Å². The van der Waals surface area contributed by atoms with Gasteiger partial charge in [-0.1, -0.05) is 106 Å². The van der Waals surface area contributed by atoms with Crippen LogP contribution in [0.3, 0.4) is 0 Å².